The third kappa shape index (κ3) is 1.25. The molecule has 0 aliphatic carbocycles. The van der Waals surface area contributed by atoms with Crippen LogP contribution in [0.5, 0.6) is 0 Å². The van der Waals surface area contributed by atoms with Crippen molar-refractivity contribution in [1.82, 2.24) is 14.5 Å². The number of hydrogen-bond donors (Lipinski definition) is 0. The maximum absolute atomic E-state index is 11.5. The van der Waals surface area contributed by atoms with Gasteiger partial charge in [-0.1, -0.05) is 11.3 Å². The Morgan fingerprint density at radius 3 is 2.77 bits per heavy atom. The van der Waals surface area contributed by atoms with Crippen LogP contribution in [0, 0.1) is 0 Å². The van der Waals surface area contributed by atoms with E-state index in [0.29, 0.717) is 10.5 Å². The van der Waals surface area contributed by atoms with Crippen molar-refractivity contribution in [2.75, 3.05) is 0 Å². The number of thiazole rings is 1. The van der Waals surface area contributed by atoms with Gasteiger partial charge < -0.3 is 0 Å². The number of fused-ring (bicyclic) bond motifs is 1. The summed E-state index contributed by atoms with van der Waals surface area (Å²) in [5.41, 5.74) is 0.688. The largest absolute Gasteiger partial charge is 0.311 e. The highest BCUT2D eigenvalue weighted by atomic mass is 32.1. The molecular weight excluding hydrogens is 186 g/mol. The Bertz CT molecular complexity index is 485. The van der Waals surface area contributed by atoms with Gasteiger partial charge in [-0.2, -0.15) is 0 Å². The van der Waals surface area contributed by atoms with Gasteiger partial charge in [0.25, 0.3) is 0 Å². The van der Waals surface area contributed by atoms with E-state index in [1.54, 1.807) is 17.0 Å². The monoisotopic (exact) mass is 195 g/mol. The third-order valence-corrected chi connectivity index (χ3v) is 2.62. The minimum Gasteiger partial charge on any atom is -0.279 e. The molecule has 0 saturated heterocycles. The summed E-state index contributed by atoms with van der Waals surface area (Å²) in [6.45, 7) is 3.92. The first-order chi connectivity index (χ1) is 6.20. The zero-order valence-electron chi connectivity index (χ0n) is 7.39. The molecule has 0 atom stereocenters. The minimum atomic E-state index is 0.0104. The van der Waals surface area contributed by atoms with Crippen molar-refractivity contribution in [3.8, 4) is 0 Å². The number of hydrogen-bond acceptors (Lipinski definition) is 4. The van der Waals surface area contributed by atoms with Gasteiger partial charge in [-0.3, -0.25) is 9.36 Å². The highest BCUT2D eigenvalue weighted by Crippen LogP contribution is 2.14. The van der Waals surface area contributed by atoms with Gasteiger partial charge in [0.1, 0.15) is 0 Å². The highest BCUT2D eigenvalue weighted by molar-refractivity contribution is 7.15. The van der Waals surface area contributed by atoms with Crippen molar-refractivity contribution in [2.45, 2.75) is 19.9 Å². The Morgan fingerprint density at radius 2 is 2.08 bits per heavy atom. The van der Waals surface area contributed by atoms with Gasteiger partial charge in [-0.15, -0.1) is 0 Å². The van der Waals surface area contributed by atoms with Crippen LogP contribution in [-0.4, -0.2) is 14.5 Å². The Balaban J connectivity index is 2.87. The van der Waals surface area contributed by atoms with Crippen LogP contribution in [0.1, 0.15) is 19.9 Å². The Morgan fingerprint density at radius 1 is 1.38 bits per heavy atom. The SMILES string of the molecule is CC(C)n1c(=O)sc2nccnc21. The first-order valence-corrected chi connectivity index (χ1v) is 4.84. The fourth-order valence-electron chi connectivity index (χ4n) is 1.23. The summed E-state index contributed by atoms with van der Waals surface area (Å²) in [5.74, 6) is 0. The molecule has 13 heavy (non-hydrogen) atoms. The molecule has 0 radical (unpaired) electrons. The van der Waals surface area contributed by atoms with E-state index >= 15 is 0 Å². The third-order valence-electron chi connectivity index (χ3n) is 1.77. The molecule has 0 N–H and O–H groups in total. The molecule has 0 amide bonds. The molecule has 0 aliphatic rings. The molecular formula is C8H9N3OS. The van der Waals surface area contributed by atoms with E-state index in [2.05, 4.69) is 9.97 Å². The summed E-state index contributed by atoms with van der Waals surface area (Å²) in [6, 6.07) is 0.137. The maximum atomic E-state index is 11.5. The topological polar surface area (TPSA) is 47.8 Å². The normalized spacial score (nSPS) is 11.3. The summed E-state index contributed by atoms with van der Waals surface area (Å²) in [4.78, 5) is 20.4. The van der Waals surface area contributed by atoms with Crippen LogP contribution in [0.4, 0.5) is 0 Å². The van der Waals surface area contributed by atoms with E-state index in [-0.39, 0.29) is 10.9 Å². The Labute approximate surface area is 78.9 Å². The fourth-order valence-corrected chi connectivity index (χ4v) is 2.15. The van der Waals surface area contributed by atoms with Crippen molar-refractivity contribution in [2.24, 2.45) is 0 Å². The summed E-state index contributed by atoms with van der Waals surface area (Å²) >= 11 is 1.14. The quantitative estimate of drug-likeness (QED) is 0.691. The van der Waals surface area contributed by atoms with E-state index in [1.165, 1.54) is 0 Å². The van der Waals surface area contributed by atoms with Crippen molar-refractivity contribution in [1.29, 1.82) is 0 Å². The molecule has 2 aromatic rings. The lowest BCUT2D eigenvalue weighted by Gasteiger charge is -2.04. The fraction of sp³-hybridized carbons (Fsp3) is 0.375. The highest BCUT2D eigenvalue weighted by Gasteiger charge is 2.10. The van der Waals surface area contributed by atoms with E-state index in [0.717, 1.165) is 11.3 Å². The van der Waals surface area contributed by atoms with Crippen molar-refractivity contribution >= 4 is 21.8 Å². The van der Waals surface area contributed by atoms with Gasteiger partial charge in [0.2, 0.25) is 0 Å². The molecule has 0 aliphatic heterocycles. The van der Waals surface area contributed by atoms with Crippen molar-refractivity contribution in [3.05, 3.63) is 22.1 Å². The number of nitrogens with zero attached hydrogens (tertiary/aromatic N) is 3. The number of aromatic nitrogens is 3. The lowest BCUT2D eigenvalue weighted by Crippen LogP contribution is -2.15. The Kier molecular flexibility index (Phi) is 1.88. The van der Waals surface area contributed by atoms with Crippen LogP contribution in [0.15, 0.2) is 17.2 Å². The van der Waals surface area contributed by atoms with Gasteiger partial charge in [0.05, 0.1) is 0 Å². The molecule has 2 rings (SSSR count). The molecule has 0 saturated carbocycles. The van der Waals surface area contributed by atoms with E-state index < -0.39 is 0 Å². The van der Waals surface area contributed by atoms with Crippen molar-refractivity contribution in [3.63, 3.8) is 0 Å². The zero-order valence-corrected chi connectivity index (χ0v) is 8.21. The summed E-state index contributed by atoms with van der Waals surface area (Å²) in [5, 5.41) is 0. The maximum Gasteiger partial charge on any atom is 0.311 e. The van der Waals surface area contributed by atoms with Crippen molar-refractivity contribution < 1.29 is 0 Å². The van der Waals surface area contributed by atoms with Gasteiger partial charge in [0, 0.05) is 18.4 Å². The molecule has 0 unspecified atom stereocenters. The smallest absolute Gasteiger partial charge is 0.279 e. The zero-order chi connectivity index (χ0) is 9.42. The lowest BCUT2D eigenvalue weighted by atomic mass is 10.4. The van der Waals surface area contributed by atoms with E-state index in [4.69, 9.17) is 0 Å². The average Bonchev–Trinajstić information content (AvgIpc) is 2.39. The summed E-state index contributed by atoms with van der Waals surface area (Å²) in [7, 11) is 0. The molecule has 5 heteroatoms. The second-order valence-electron chi connectivity index (χ2n) is 3.02. The van der Waals surface area contributed by atoms with Gasteiger partial charge >= 0.3 is 4.87 Å². The molecule has 0 spiro atoms. The van der Waals surface area contributed by atoms with Crippen LogP contribution in [0.3, 0.4) is 0 Å². The second kappa shape index (κ2) is 2.92. The molecule has 4 nitrogen and oxygen atoms in total. The van der Waals surface area contributed by atoms with E-state index in [9.17, 15) is 4.79 Å². The van der Waals surface area contributed by atoms with Gasteiger partial charge in [-0.05, 0) is 13.8 Å². The van der Waals surface area contributed by atoms with Crippen LogP contribution in [0.2, 0.25) is 0 Å². The molecule has 2 aromatic heterocycles. The second-order valence-corrected chi connectivity index (χ2v) is 3.96. The Hall–Kier alpha value is -1.23. The standard InChI is InChI=1S/C8H9N3OS/c1-5(2)11-6-7(13-8(11)12)10-4-3-9-6/h3-5H,1-2H3. The summed E-state index contributed by atoms with van der Waals surface area (Å²) < 4.78 is 1.66. The van der Waals surface area contributed by atoms with Gasteiger partial charge in [-0.25, -0.2) is 9.97 Å². The molecule has 68 valence electrons. The average molecular weight is 195 g/mol. The predicted octanol–water partition coefficient (Wildman–Crippen LogP) is 1.43. The molecule has 0 bridgehead atoms. The predicted molar refractivity (Wildman–Crippen MR) is 52.1 cm³/mol. The molecule has 2 heterocycles. The molecule has 0 fully saturated rings. The van der Waals surface area contributed by atoms with Gasteiger partial charge in [0.15, 0.2) is 10.5 Å². The minimum absolute atomic E-state index is 0.0104. The van der Waals surface area contributed by atoms with Crippen LogP contribution < -0.4 is 4.87 Å². The first-order valence-electron chi connectivity index (χ1n) is 4.02. The summed E-state index contributed by atoms with van der Waals surface area (Å²) in [6.07, 6.45) is 3.20. The van der Waals surface area contributed by atoms with Crippen LogP contribution in [0.25, 0.3) is 10.5 Å². The number of rotatable bonds is 1. The van der Waals surface area contributed by atoms with E-state index in [1.807, 2.05) is 13.8 Å². The lowest BCUT2D eigenvalue weighted by molar-refractivity contribution is 0.605. The first kappa shape index (κ1) is 8.37. The van der Waals surface area contributed by atoms with Crippen LogP contribution >= 0.6 is 11.3 Å². The molecule has 0 aromatic carbocycles. The van der Waals surface area contributed by atoms with Crippen LogP contribution in [-0.2, 0) is 0 Å².